The van der Waals surface area contributed by atoms with Gasteiger partial charge >= 0.3 is 0 Å². The van der Waals surface area contributed by atoms with Crippen LogP contribution in [0.4, 0.5) is 5.69 Å². The van der Waals surface area contributed by atoms with Crippen LogP contribution in [0.25, 0.3) is 0 Å². The van der Waals surface area contributed by atoms with Crippen molar-refractivity contribution < 1.29 is 9.53 Å². The Balaban J connectivity index is 2.22. The molecule has 0 bridgehead atoms. The second kappa shape index (κ2) is 8.62. The first-order valence-electron chi connectivity index (χ1n) is 8.19. The molecule has 0 saturated carbocycles. The number of ether oxygens (including phenoxy) is 1. The number of methoxy groups -OCH3 is 1. The van der Waals surface area contributed by atoms with Crippen molar-refractivity contribution in [1.82, 2.24) is 5.32 Å². The van der Waals surface area contributed by atoms with E-state index in [2.05, 4.69) is 10.6 Å². The normalized spacial score (nSPS) is 13.3. The fourth-order valence-corrected chi connectivity index (χ4v) is 2.63. The molecular weight excluding hydrogens is 300 g/mol. The lowest BCUT2D eigenvalue weighted by Gasteiger charge is -2.23. The van der Waals surface area contributed by atoms with Gasteiger partial charge in [0, 0.05) is 18.8 Å². The number of carbonyl (C=O) groups is 1. The molecule has 128 valence electrons. The minimum atomic E-state index is -0.434. The Bertz CT molecular complexity index is 671. The lowest BCUT2D eigenvalue weighted by atomic mass is 10.0. The average Bonchev–Trinajstić information content (AvgIpc) is 2.57. The molecule has 4 heteroatoms. The average molecular weight is 326 g/mol. The van der Waals surface area contributed by atoms with Gasteiger partial charge in [-0.2, -0.15) is 0 Å². The van der Waals surface area contributed by atoms with Gasteiger partial charge < -0.3 is 10.1 Å². The minimum absolute atomic E-state index is 0.0598. The van der Waals surface area contributed by atoms with Crippen LogP contribution in [0.1, 0.15) is 29.7 Å². The summed E-state index contributed by atoms with van der Waals surface area (Å²) in [5, 5.41) is 6.41. The zero-order valence-electron chi connectivity index (χ0n) is 14.8. The number of carbonyl (C=O) groups excluding carboxylic acids is 1. The van der Waals surface area contributed by atoms with Crippen molar-refractivity contribution in [2.75, 3.05) is 19.0 Å². The number of hydrogen-bond donors (Lipinski definition) is 2. The van der Waals surface area contributed by atoms with E-state index < -0.39 is 6.04 Å². The van der Waals surface area contributed by atoms with E-state index in [4.69, 9.17) is 4.74 Å². The van der Waals surface area contributed by atoms with Crippen LogP contribution in [-0.4, -0.2) is 25.7 Å². The molecule has 0 spiro atoms. The molecule has 2 atom stereocenters. The van der Waals surface area contributed by atoms with E-state index in [-0.39, 0.29) is 11.9 Å². The second-order valence-corrected chi connectivity index (χ2v) is 6.17. The van der Waals surface area contributed by atoms with Gasteiger partial charge in [-0.1, -0.05) is 42.5 Å². The summed E-state index contributed by atoms with van der Waals surface area (Å²) in [6.07, 6.45) is 0. The molecule has 0 fully saturated rings. The predicted octanol–water partition coefficient (Wildman–Crippen LogP) is 3.61. The van der Waals surface area contributed by atoms with Gasteiger partial charge in [0.15, 0.2) is 0 Å². The van der Waals surface area contributed by atoms with E-state index in [0.29, 0.717) is 6.61 Å². The van der Waals surface area contributed by atoms with Crippen molar-refractivity contribution >= 4 is 11.6 Å². The molecule has 4 nitrogen and oxygen atoms in total. The number of anilines is 1. The van der Waals surface area contributed by atoms with E-state index >= 15 is 0 Å². The first-order valence-corrected chi connectivity index (χ1v) is 8.19. The molecule has 0 radical (unpaired) electrons. The Kier molecular flexibility index (Phi) is 6.53. The summed E-state index contributed by atoms with van der Waals surface area (Å²) < 4.78 is 5.18. The van der Waals surface area contributed by atoms with Crippen molar-refractivity contribution in [2.24, 2.45) is 0 Å². The SMILES string of the molecule is COC[C@@H](C)N[C@H](C(=O)Nc1cc(C)ccc1C)c1ccccc1. The lowest BCUT2D eigenvalue weighted by Crippen LogP contribution is -2.40. The third-order valence-corrected chi connectivity index (χ3v) is 3.91. The van der Waals surface area contributed by atoms with Crippen LogP contribution in [0, 0.1) is 13.8 Å². The third-order valence-electron chi connectivity index (χ3n) is 3.91. The zero-order chi connectivity index (χ0) is 17.5. The van der Waals surface area contributed by atoms with E-state index in [1.807, 2.05) is 69.3 Å². The van der Waals surface area contributed by atoms with E-state index in [9.17, 15) is 4.79 Å². The van der Waals surface area contributed by atoms with Crippen LogP contribution in [0.5, 0.6) is 0 Å². The smallest absolute Gasteiger partial charge is 0.246 e. The standard InChI is InChI=1S/C20H26N2O2/c1-14-10-11-15(2)18(12-14)22-20(23)19(21-16(3)13-24-4)17-8-6-5-7-9-17/h5-12,16,19,21H,13H2,1-4H3,(H,22,23)/t16-,19+/m1/s1. The molecule has 0 aliphatic rings. The van der Waals surface area contributed by atoms with Crippen molar-refractivity contribution in [3.8, 4) is 0 Å². The molecule has 0 saturated heterocycles. The number of aryl methyl sites for hydroxylation is 2. The Labute approximate surface area is 144 Å². The summed E-state index contributed by atoms with van der Waals surface area (Å²) in [5.41, 5.74) is 3.95. The van der Waals surface area contributed by atoms with Crippen LogP contribution >= 0.6 is 0 Å². The van der Waals surface area contributed by atoms with Crippen molar-refractivity contribution in [2.45, 2.75) is 32.9 Å². The highest BCUT2D eigenvalue weighted by molar-refractivity contribution is 5.96. The van der Waals surface area contributed by atoms with Crippen molar-refractivity contribution in [3.63, 3.8) is 0 Å². The Morgan fingerprint density at radius 1 is 1.12 bits per heavy atom. The maximum atomic E-state index is 12.9. The molecule has 0 aromatic heterocycles. The second-order valence-electron chi connectivity index (χ2n) is 6.17. The lowest BCUT2D eigenvalue weighted by molar-refractivity contribution is -0.118. The van der Waals surface area contributed by atoms with Gasteiger partial charge in [0.25, 0.3) is 0 Å². The molecule has 2 rings (SSSR count). The van der Waals surface area contributed by atoms with Crippen LogP contribution < -0.4 is 10.6 Å². The maximum Gasteiger partial charge on any atom is 0.246 e. The number of amides is 1. The van der Waals surface area contributed by atoms with Gasteiger partial charge in [0.1, 0.15) is 6.04 Å². The topological polar surface area (TPSA) is 50.4 Å². The largest absolute Gasteiger partial charge is 0.383 e. The van der Waals surface area contributed by atoms with Gasteiger partial charge in [-0.05, 0) is 43.5 Å². The predicted molar refractivity (Wildman–Crippen MR) is 98.2 cm³/mol. The summed E-state index contributed by atoms with van der Waals surface area (Å²) in [6, 6.07) is 15.4. The molecule has 2 N–H and O–H groups in total. The first kappa shape index (κ1) is 18.2. The highest BCUT2D eigenvalue weighted by Gasteiger charge is 2.22. The number of benzene rings is 2. The van der Waals surface area contributed by atoms with Crippen LogP contribution in [0.2, 0.25) is 0 Å². The monoisotopic (exact) mass is 326 g/mol. The van der Waals surface area contributed by atoms with Gasteiger partial charge in [-0.15, -0.1) is 0 Å². The number of hydrogen-bond acceptors (Lipinski definition) is 3. The highest BCUT2D eigenvalue weighted by Crippen LogP contribution is 2.20. The molecule has 2 aromatic carbocycles. The Morgan fingerprint density at radius 3 is 2.50 bits per heavy atom. The molecular formula is C20H26N2O2. The molecule has 24 heavy (non-hydrogen) atoms. The minimum Gasteiger partial charge on any atom is -0.383 e. The van der Waals surface area contributed by atoms with Crippen LogP contribution in [-0.2, 0) is 9.53 Å². The Hall–Kier alpha value is -2.17. The summed E-state index contributed by atoms with van der Waals surface area (Å²) in [7, 11) is 1.66. The van der Waals surface area contributed by atoms with Crippen LogP contribution in [0.3, 0.4) is 0 Å². The van der Waals surface area contributed by atoms with E-state index in [0.717, 1.165) is 22.4 Å². The molecule has 1 amide bonds. The third kappa shape index (κ3) is 4.91. The zero-order valence-corrected chi connectivity index (χ0v) is 14.8. The summed E-state index contributed by atoms with van der Waals surface area (Å²) in [5.74, 6) is -0.0714. The van der Waals surface area contributed by atoms with E-state index in [1.165, 1.54) is 0 Å². The summed E-state index contributed by atoms with van der Waals surface area (Å²) in [4.78, 5) is 12.9. The fraction of sp³-hybridized carbons (Fsp3) is 0.350. The Morgan fingerprint density at radius 2 is 1.83 bits per heavy atom. The quantitative estimate of drug-likeness (QED) is 0.817. The molecule has 0 aliphatic carbocycles. The summed E-state index contributed by atoms with van der Waals surface area (Å²) in [6.45, 7) is 6.56. The molecule has 0 unspecified atom stereocenters. The number of rotatable bonds is 7. The van der Waals surface area contributed by atoms with Crippen molar-refractivity contribution in [3.05, 3.63) is 65.2 Å². The maximum absolute atomic E-state index is 12.9. The fourth-order valence-electron chi connectivity index (χ4n) is 2.63. The highest BCUT2D eigenvalue weighted by atomic mass is 16.5. The van der Waals surface area contributed by atoms with Crippen molar-refractivity contribution in [1.29, 1.82) is 0 Å². The van der Waals surface area contributed by atoms with Gasteiger partial charge in [-0.25, -0.2) is 0 Å². The van der Waals surface area contributed by atoms with Gasteiger partial charge in [0.2, 0.25) is 5.91 Å². The molecule has 0 heterocycles. The molecule has 2 aromatic rings. The van der Waals surface area contributed by atoms with Gasteiger partial charge in [-0.3, -0.25) is 10.1 Å². The number of nitrogens with one attached hydrogen (secondary N) is 2. The van der Waals surface area contributed by atoms with Crippen LogP contribution in [0.15, 0.2) is 48.5 Å². The first-order chi connectivity index (χ1) is 11.5. The van der Waals surface area contributed by atoms with E-state index in [1.54, 1.807) is 7.11 Å². The summed E-state index contributed by atoms with van der Waals surface area (Å²) >= 11 is 0. The van der Waals surface area contributed by atoms with Gasteiger partial charge in [0.05, 0.1) is 6.61 Å². The molecule has 0 aliphatic heterocycles.